The van der Waals surface area contributed by atoms with Crippen molar-refractivity contribution in [2.75, 3.05) is 19.0 Å². The second-order valence-corrected chi connectivity index (χ2v) is 6.28. The van der Waals surface area contributed by atoms with E-state index in [4.69, 9.17) is 16.3 Å². The van der Waals surface area contributed by atoms with Crippen LogP contribution < -0.4 is 5.32 Å². The zero-order valence-corrected chi connectivity index (χ0v) is 12.9. The maximum Gasteiger partial charge on any atom is 0.331 e. The van der Waals surface area contributed by atoms with Crippen LogP contribution in [0.3, 0.4) is 0 Å². The smallest absolute Gasteiger partial charge is 0.331 e. The van der Waals surface area contributed by atoms with Crippen LogP contribution in [0, 0.1) is 0 Å². The maximum atomic E-state index is 11.9. The maximum absolute atomic E-state index is 11.9. The molecule has 1 aliphatic heterocycles. The molecule has 1 saturated heterocycles. The molecule has 0 spiro atoms. The zero-order valence-electron chi connectivity index (χ0n) is 11.3. The number of rotatable bonds is 6. The summed E-state index contributed by atoms with van der Waals surface area (Å²) < 4.78 is 5.09. The first-order chi connectivity index (χ1) is 10.0. The van der Waals surface area contributed by atoms with E-state index < -0.39 is 11.5 Å². The molecule has 0 aromatic heterocycles. The molecule has 1 amide bonds. The molecule has 1 aliphatic rings. The van der Waals surface area contributed by atoms with Crippen molar-refractivity contribution in [2.45, 2.75) is 17.7 Å². The van der Waals surface area contributed by atoms with E-state index in [-0.39, 0.29) is 18.3 Å². The Morgan fingerprint density at radius 2 is 2.10 bits per heavy atom. The molecule has 2 N–H and O–H groups in total. The van der Waals surface area contributed by atoms with Crippen LogP contribution in [0.2, 0.25) is 5.02 Å². The minimum absolute atomic E-state index is 0.0237. The summed E-state index contributed by atoms with van der Waals surface area (Å²) in [6.45, 7) is 0.375. The van der Waals surface area contributed by atoms with Gasteiger partial charge in [-0.1, -0.05) is 23.7 Å². The molecule has 0 bridgehead atoms. The van der Waals surface area contributed by atoms with Gasteiger partial charge in [0, 0.05) is 23.8 Å². The van der Waals surface area contributed by atoms with Gasteiger partial charge in [0.2, 0.25) is 5.91 Å². The summed E-state index contributed by atoms with van der Waals surface area (Å²) in [7, 11) is 0. The molecular formula is C14H16ClNO4S. The van der Waals surface area contributed by atoms with Crippen molar-refractivity contribution in [3.63, 3.8) is 0 Å². The molecule has 114 valence electrons. The Hall–Kier alpha value is -1.24. The SMILES string of the molecule is O=C(CSCc1ccc(Cl)cc1)NC1(C(=O)O)CCOC1. The van der Waals surface area contributed by atoms with Crippen molar-refractivity contribution >= 4 is 35.2 Å². The lowest BCUT2D eigenvalue weighted by Crippen LogP contribution is -2.55. The molecule has 1 unspecified atom stereocenters. The Labute approximate surface area is 132 Å². The number of nitrogens with one attached hydrogen (secondary N) is 1. The number of benzene rings is 1. The molecule has 5 nitrogen and oxygen atoms in total. The monoisotopic (exact) mass is 329 g/mol. The largest absolute Gasteiger partial charge is 0.479 e. The van der Waals surface area contributed by atoms with Gasteiger partial charge in [0.25, 0.3) is 0 Å². The van der Waals surface area contributed by atoms with Crippen molar-refractivity contribution < 1.29 is 19.4 Å². The number of amides is 1. The molecule has 1 atom stereocenters. The number of carbonyl (C=O) groups excluding carboxylic acids is 1. The van der Waals surface area contributed by atoms with E-state index in [1.54, 1.807) is 12.1 Å². The third-order valence-corrected chi connectivity index (χ3v) is 4.48. The first kappa shape index (κ1) is 16.1. The van der Waals surface area contributed by atoms with Crippen molar-refractivity contribution in [3.05, 3.63) is 34.9 Å². The van der Waals surface area contributed by atoms with Gasteiger partial charge in [0.15, 0.2) is 5.54 Å². The van der Waals surface area contributed by atoms with E-state index >= 15 is 0 Å². The van der Waals surface area contributed by atoms with E-state index in [0.29, 0.717) is 23.8 Å². The Bertz CT molecular complexity index is 514. The molecule has 7 heteroatoms. The first-order valence-electron chi connectivity index (χ1n) is 6.46. The molecule has 1 aromatic carbocycles. The van der Waals surface area contributed by atoms with Gasteiger partial charge in [-0.2, -0.15) is 0 Å². The van der Waals surface area contributed by atoms with Crippen LogP contribution in [-0.2, 0) is 20.1 Å². The fraction of sp³-hybridized carbons (Fsp3) is 0.429. The summed E-state index contributed by atoms with van der Waals surface area (Å²) in [5.74, 6) is -0.461. The molecule has 2 rings (SSSR count). The summed E-state index contributed by atoms with van der Waals surface area (Å²) >= 11 is 7.22. The lowest BCUT2D eigenvalue weighted by molar-refractivity contribution is -0.147. The van der Waals surface area contributed by atoms with Crippen molar-refractivity contribution in [3.8, 4) is 0 Å². The third kappa shape index (κ3) is 4.36. The van der Waals surface area contributed by atoms with Gasteiger partial charge in [-0.3, -0.25) is 4.79 Å². The van der Waals surface area contributed by atoms with E-state index in [1.165, 1.54) is 11.8 Å². The van der Waals surface area contributed by atoms with Crippen LogP contribution in [0.1, 0.15) is 12.0 Å². The van der Waals surface area contributed by atoms with Gasteiger partial charge in [0.05, 0.1) is 12.4 Å². The summed E-state index contributed by atoms with van der Waals surface area (Å²) in [5.41, 5.74) is -0.202. The Balaban J connectivity index is 1.79. The van der Waals surface area contributed by atoms with E-state index in [1.807, 2.05) is 12.1 Å². The number of carboxylic acid groups (broad SMARTS) is 1. The number of thioether (sulfide) groups is 1. The predicted octanol–water partition coefficient (Wildman–Crippen LogP) is 1.93. The molecule has 0 saturated carbocycles. The van der Waals surface area contributed by atoms with Gasteiger partial charge in [-0.05, 0) is 17.7 Å². The lowest BCUT2D eigenvalue weighted by Gasteiger charge is -2.23. The van der Waals surface area contributed by atoms with Crippen LogP contribution >= 0.6 is 23.4 Å². The zero-order chi connectivity index (χ0) is 15.3. The van der Waals surface area contributed by atoms with Gasteiger partial charge in [-0.15, -0.1) is 11.8 Å². The second-order valence-electron chi connectivity index (χ2n) is 4.86. The fourth-order valence-electron chi connectivity index (χ4n) is 2.03. The number of carbonyl (C=O) groups is 2. The third-order valence-electron chi connectivity index (χ3n) is 3.22. The summed E-state index contributed by atoms with van der Waals surface area (Å²) in [4.78, 5) is 23.2. The van der Waals surface area contributed by atoms with Crippen LogP contribution in [0.25, 0.3) is 0 Å². The minimum atomic E-state index is -1.27. The topological polar surface area (TPSA) is 75.6 Å². The normalized spacial score (nSPS) is 21.2. The summed E-state index contributed by atoms with van der Waals surface area (Å²) in [5, 5.41) is 12.5. The Morgan fingerprint density at radius 3 is 2.67 bits per heavy atom. The van der Waals surface area contributed by atoms with E-state index in [0.717, 1.165) is 5.56 Å². The van der Waals surface area contributed by atoms with Gasteiger partial charge in [0.1, 0.15) is 0 Å². The molecule has 1 fully saturated rings. The molecular weight excluding hydrogens is 314 g/mol. The lowest BCUT2D eigenvalue weighted by atomic mass is 9.99. The minimum Gasteiger partial charge on any atom is -0.479 e. The number of carboxylic acids is 1. The number of aliphatic carboxylic acids is 1. The van der Waals surface area contributed by atoms with Gasteiger partial charge in [-0.25, -0.2) is 4.79 Å². The van der Waals surface area contributed by atoms with Crippen LogP contribution in [0.15, 0.2) is 24.3 Å². The average molecular weight is 330 g/mol. The fourth-order valence-corrected chi connectivity index (χ4v) is 2.94. The van der Waals surface area contributed by atoms with E-state index in [9.17, 15) is 14.7 Å². The molecule has 21 heavy (non-hydrogen) atoms. The molecule has 1 aromatic rings. The van der Waals surface area contributed by atoms with E-state index in [2.05, 4.69) is 5.32 Å². The van der Waals surface area contributed by atoms with Crippen LogP contribution in [0.5, 0.6) is 0 Å². The Morgan fingerprint density at radius 1 is 1.38 bits per heavy atom. The highest BCUT2D eigenvalue weighted by Crippen LogP contribution is 2.20. The molecule has 0 aliphatic carbocycles. The van der Waals surface area contributed by atoms with Crippen molar-refractivity contribution in [1.82, 2.24) is 5.32 Å². The number of hydrogen-bond acceptors (Lipinski definition) is 4. The summed E-state index contributed by atoms with van der Waals surface area (Å²) in [6.07, 6.45) is 0.302. The standard InChI is InChI=1S/C14H16ClNO4S/c15-11-3-1-10(2-4-11)7-21-8-12(17)16-14(13(18)19)5-6-20-9-14/h1-4H,5-9H2,(H,16,17)(H,18,19). The van der Waals surface area contributed by atoms with Crippen molar-refractivity contribution in [2.24, 2.45) is 0 Å². The highest BCUT2D eigenvalue weighted by molar-refractivity contribution is 7.99. The van der Waals surface area contributed by atoms with Crippen LogP contribution in [0.4, 0.5) is 0 Å². The predicted molar refractivity (Wildman–Crippen MR) is 81.6 cm³/mol. The highest BCUT2D eigenvalue weighted by Gasteiger charge is 2.43. The highest BCUT2D eigenvalue weighted by atomic mass is 35.5. The number of hydrogen-bond donors (Lipinski definition) is 2. The van der Waals surface area contributed by atoms with Gasteiger partial charge >= 0.3 is 5.97 Å². The molecule has 0 radical (unpaired) electrons. The quantitative estimate of drug-likeness (QED) is 0.834. The van der Waals surface area contributed by atoms with Crippen molar-refractivity contribution in [1.29, 1.82) is 0 Å². The molecule has 1 heterocycles. The van der Waals surface area contributed by atoms with Gasteiger partial charge < -0.3 is 15.2 Å². The van der Waals surface area contributed by atoms with Crippen LogP contribution in [-0.4, -0.2) is 41.5 Å². The second kappa shape index (κ2) is 7.15. The first-order valence-corrected chi connectivity index (χ1v) is 7.99. The Kier molecular flexibility index (Phi) is 5.50. The average Bonchev–Trinajstić information content (AvgIpc) is 2.91. The summed E-state index contributed by atoms with van der Waals surface area (Å²) in [6, 6.07) is 7.40. The number of ether oxygens (including phenoxy) is 1. The number of halogens is 1.